The number of hydrogen-bond acceptors (Lipinski definition) is 3. The van der Waals surface area contributed by atoms with Crippen LogP contribution >= 0.6 is 0 Å². The van der Waals surface area contributed by atoms with Crippen molar-refractivity contribution in [3.63, 3.8) is 0 Å². The average molecular weight is 387 g/mol. The minimum absolute atomic E-state index is 0.257. The molecule has 1 amide bonds. The highest BCUT2D eigenvalue weighted by Crippen LogP contribution is 2.37. The predicted molar refractivity (Wildman–Crippen MR) is 112 cm³/mol. The summed E-state index contributed by atoms with van der Waals surface area (Å²) < 4.78 is 5.98. The van der Waals surface area contributed by atoms with Crippen LogP contribution < -0.4 is 4.74 Å². The van der Waals surface area contributed by atoms with Gasteiger partial charge in [-0.1, -0.05) is 39.0 Å². The molecule has 154 valence electrons. The van der Waals surface area contributed by atoms with Crippen LogP contribution in [0.5, 0.6) is 5.75 Å². The van der Waals surface area contributed by atoms with E-state index in [0.29, 0.717) is 19.1 Å². The van der Waals surface area contributed by atoms with Gasteiger partial charge in [0.1, 0.15) is 12.4 Å². The van der Waals surface area contributed by atoms with Gasteiger partial charge in [0.15, 0.2) is 0 Å². The van der Waals surface area contributed by atoms with Crippen molar-refractivity contribution < 1.29 is 14.6 Å². The Morgan fingerprint density at radius 2 is 2.04 bits per heavy atom. The minimum atomic E-state index is -0.857. The van der Waals surface area contributed by atoms with Crippen LogP contribution in [0.25, 0.3) is 0 Å². The summed E-state index contributed by atoms with van der Waals surface area (Å²) in [7, 11) is 0. The Bertz CT molecular complexity index is 708. The van der Waals surface area contributed by atoms with Crippen molar-refractivity contribution in [3.8, 4) is 5.75 Å². The second-order valence-corrected chi connectivity index (χ2v) is 8.93. The maximum Gasteiger partial charge on any atom is 0.411 e. The van der Waals surface area contributed by atoms with E-state index in [1.807, 2.05) is 12.1 Å². The van der Waals surface area contributed by atoms with Gasteiger partial charge in [-0.25, -0.2) is 4.79 Å². The number of amides is 1. The minimum Gasteiger partial charge on any atom is -0.492 e. The number of hydrogen-bond donors (Lipinski definition) is 1. The molecule has 0 spiro atoms. The lowest BCUT2D eigenvalue weighted by atomic mass is 9.79. The molecular formula is C23H34N2O3. The van der Waals surface area contributed by atoms with Crippen LogP contribution in [0.3, 0.4) is 0 Å². The molecule has 0 radical (unpaired) electrons. The Labute approximate surface area is 169 Å². The van der Waals surface area contributed by atoms with Crippen molar-refractivity contribution in [2.45, 2.75) is 46.5 Å². The first-order valence-corrected chi connectivity index (χ1v) is 10.5. The van der Waals surface area contributed by atoms with Crippen LogP contribution in [-0.2, 0) is 6.42 Å². The van der Waals surface area contributed by atoms with Crippen LogP contribution in [0.1, 0.15) is 45.6 Å². The van der Waals surface area contributed by atoms with Gasteiger partial charge in [-0.2, -0.15) is 0 Å². The zero-order chi connectivity index (χ0) is 20.1. The number of benzene rings is 1. The molecule has 28 heavy (non-hydrogen) atoms. The van der Waals surface area contributed by atoms with E-state index in [2.05, 4.69) is 43.9 Å². The zero-order valence-electron chi connectivity index (χ0n) is 17.5. The summed E-state index contributed by atoms with van der Waals surface area (Å²) in [6.45, 7) is 11.0. The van der Waals surface area contributed by atoms with Crippen molar-refractivity contribution in [3.05, 3.63) is 41.6 Å². The lowest BCUT2D eigenvalue weighted by molar-refractivity contribution is 0.134. The second-order valence-electron chi connectivity index (χ2n) is 8.93. The van der Waals surface area contributed by atoms with Crippen molar-refractivity contribution in [2.24, 2.45) is 11.3 Å². The second kappa shape index (κ2) is 8.99. The Kier molecular flexibility index (Phi) is 6.65. The molecule has 0 bridgehead atoms. The van der Waals surface area contributed by atoms with Gasteiger partial charge >= 0.3 is 6.09 Å². The number of allylic oxidation sites excluding steroid dienone is 2. The smallest absolute Gasteiger partial charge is 0.411 e. The van der Waals surface area contributed by atoms with E-state index in [1.165, 1.54) is 36.4 Å². The number of nitrogens with zero attached hydrogens (tertiary/aromatic N) is 2. The molecule has 1 saturated heterocycles. The van der Waals surface area contributed by atoms with Crippen LogP contribution in [0, 0.1) is 11.3 Å². The highest BCUT2D eigenvalue weighted by atomic mass is 16.5. The first-order chi connectivity index (χ1) is 13.3. The number of rotatable bonds is 7. The van der Waals surface area contributed by atoms with Crippen molar-refractivity contribution in [2.75, 3.05) is 32.8 Å². The van der Waals surface area contributed by atoms with E-state index in [-0.39, 0.29) is 5.41 Å². The lowest BCUT2D eigenvalue weighted by Gasteiger charge is -2.39. The highest BCUT2D eigenvalue weighted by Gasteiger charge is 2.34. The monoisotopic (exact) mass is 386 g/mol. The molecule has 1 aromatic rings. The van der Waals surface area contributed by atoms with Crippen LogP contribution in [-0.4, -0.2) is 53.8 Å². The lowest BCUT2D eigenvalue weighted by Crippen LogP contribution is -2.41. The number of carbonyl (C=O) groups is 1. The summed E-state index contributed by atoms with van der Waals surface area (Å²) in [5.74, 6) is 1.26. The number of ether oxygens (including phenoxy) is 1. The van der Waals surface area contributed by atoms with E-state index in [0.717, 1.165) is 30.8 Å². The first kappa shape index (κ1) is 20.7. The fourth-order valence-corrected chi connectivity index (χ4v) is 4.38. The number of carboxylic acid groups (broad SMARTS) is 1. The first-order valence-electron chi connectivity index (χ1n) is 10.5. The number of likely N-dealkylation sites (tertiary alicyclic amines) is 1. The molecule has 0 aliphatic carbocycles. The third-order valence-electron chi connectivity index (χ3n) is 5.84. The predicted octanol–water partition coefficient (Wildman–Crippen LogP) is 4.63. The van der Waals surface area contributed by atoms with Crippen LogP contribution in [0.2, 0.25) is 0 Å². The van der Waals surface area contributed by atoms with Gasteiger partial charge in [-0.3, -0.25) is 9.80 Å². The van der Waals surface area contributed by atoms with Crippen molar-refractivity contribution >= 4 is 6.09 Å². The Morgan fingerprint density at radius 3 is 2.75 bits per heavy atom. The highest BCUT2D eigenvalue weighted by molar-refractivity contribution is 5.68. The SMILES string of the molecule is C[C@H]1CC=C(C(C)(C)Cc2cccc(OCCN3CCCC3)c2)N(C(=O)O)C1. The van der Waals surface area contributed by atoms with Crippen LogP contribution in [0.15, 0.2) is 36.0 Å². The van der Waals surface area contributed by atoms with Gasteiger partial charge < -0.3 is 9.84 Å². The van der Waals surface area contributed by atoms with Gasteiger partial charge in [0, 0.05) is 24.2 Å². The summed E-state index contributed by atoms with van der Waals surface area (Å²) in [6, 6.07) is 8.24. The Hall–Kier alpha value is -2.01. The fraction of sp³-hybridized carbons (Fsp3) is 0.609. The van der Waals surface area contributed by atoms with E-state index in [4.69, 9.17) is 4.74 Å². The molecule has 1 fully saturated rings. The molecule has 5 heteroatoms. The average Bonchev–Trinajstić information content (AvgIpc) is 3.15. The quantitative estimate of drug-likeness (QED) is 0.742. The molecule has 0 aromatic heterocycles. The third-order valence-corrected chi connectivity index (χ3v) is 5.84. The van der Waals surface area contributed by atoms with Gasteiger partial charge in [-0.15, -0.1) is 0 Å². The van der Waals surface area contributed by atoms with E-state index in [1.54, 1.807) is 0 Å². The summed E-state index contributed by atoms with van der Waals surface area (Å²) in [4.78, 5) is 15.7. The molecule has 2 aliphatic heterocycles. The molecule has 0 saturated carbocycles. The van der Waals surface area contributed by atoms with E-state index < -0.39 is 6.09 Å². The van der Waals surface area contributed by atoms with Gasteiger partial charge in [0.2, 0.25) is 0 Å². The molecule has 2 aliphatic rings. The van der Waals surface area contributed by atoms with Gasteiger partial charge in [0.25, 0.3) is 0 Å². The maximum absolute atomic E-state index is 11.8. The maximum atomic E-state index is 11.8. The fourth-order valence-electron chi connectivity index (χ4n) is 4.38. The molecule has 1 aromatic carbocycles. The van der Waals surface area contributed by atoms with E-state index in [9.17, 15) is 9.90 Å². The topological polar surface area (TPSA) is 53.0 Å². The molecule has 3 rings (SSSR count). The normalized spacial score (nSPS) is 20.9. The Balaban J connectivity index is 1.63. The van der Waals surface area contributed by atoms with E-state index >= 15 is 0 Å². The summed E-state index contributed by atoms with van der Waals surface area (Å²) in [5, 5.41) is 9.65. The molecule has 1 N–H and O–H groups in total. The zero-order valence-corrected chi connectivity index (χ0v) is 17.5. The summed E-state index contributed by atoms with van der Waals surface area (Å²) >= 11 is 0. The van der Waals surface area contributed by atoms with Crippen molar-refractivity contribution in [1.29, 1.82) is 0 Å². The molecular weight excluding hydrogens is 352 g/mol. The van der Waals surface area contributed by atoms with Crippen molar-refractivity contribution in [1.82, 2.24) is 9.80 Å². The summed E-state index contributed by atoms with van der Waals surface area (Å²) in [5.41, 5.74) is 1.83. The van der Waals surface area contributed by atoms with Gasteiger partial charge in [0.05, 0.1) is 0 Å². The molecule has 0 unspecified atom stereocenters. The van der Waals surface area contributed by atoms with Crippen LogP contribution in [0.4, 0.5) is 4.79 Å². The molecule has 1 atom stereocenters. The Morgan fingerprint density at radius 1 is 1.29 bits per heavy atom. The molecule has 2 heterocycles. The third kappa shape index (κ3) is 5.28. The standard InChI is InChI=1S/C23H34N2O3/c1-18-9-10-21(25(17-18)22(26)27)23(2,3)16-19-7-6-8-20(15-19)28-14-13-24-11-4-5-12-24/h6-8,10,15,18H,4-5,9,11-14,16-17H2,1-3H3,(H,26,27)/t18-/m0/s1. The van der Waals surface area contributed by atoms with Gasteiger partial charge in [-0.05, 0) is 62.4 Å². The largest absolute Gasteiger partial charge is 0.492 e. The summed E-state index contributed by atoms with van der Waals surface area (Å²) in [6.07, 6.45) is 5.56. The molecule has 5 nitrogen and oxygen atoms in total.